The third-order valence-corrected chi connectivity index (χ3v) is 5.96. The van der Waals surface area contributed by atoms with Crippen LogP contribution in [0.15, 0.2) is 36.8 Å². The van der Waals surface area contributed by atoms with Gasteiger partial charge in [0, 0.05) is 6.20 Å². The van der Waals surface area contributed by atoms with E-state index in [4.69, 9.17) is 0 Å². The molecule has 170 valence electrons. The van der Waals surface area contributed by atoms with Crippen LogP contribution in [0.5, 0.6) is 0 Å². The van der Waals surface area contributed by atoms with Gasteiger partial charge >= 0.3 is 16.8 Å². The molecule has 0 fully saturated rings. The van der Waals surface area contributed by atoms with Gasteiger partial charge in [-0.25, -0.2) is 31.0 Å². The topological polar surface area (TPSA) is 104 Å². The molecular formula is C14H16F6N4O4S2. The molecule has 0 atom stereocenters. The maximum atomic E-state index is 11.4. The zero-order chi connectivity index (χ0) is 23.4. The Bertz CT molecular complexity index is 1010. The molecule has 0 N–H and O–H groups in total. The number of aryl methyl sites for hydroxylation is 2. The van der Waals surface area contributed by atoms with E-state index in [0.29, 0.717) is 0 Å². The highest BCUT2D eigenvalue weighted by molar-refractivity contribution is 8.13. The Kier molecular flexibility index (Phi) is 8.01. The third-order valence-electron chi connectivity index (χ3n) is 3.22. The molecule has 2 heterocycles. The molecule has 0 saturated heterocycles. The van der Waals surface area contributed by atoms with Gasteiger partial charge in [-0.15, -0.1) is 0 Å². The maximum Gasteiger partial charge on any atom is 0.480 e. The Morgan fingerprint density at radius 1 is 1.03 bits per heavy atom. The van der Waals surface area contributed by atoms with E-state index in [0.717, 1.165) is 28.6 Å². The van der Waals surface area contributed by atoms with E-state index in [-0.39, 0.29) is 0 Å². The first-order chi connectivity index (χ1) is 13.5. The lowest BCUT2D eigenvalue weighted by atomic mass is 10.3. The summed E-state index contributed by atoms with van der Waals surface area (Å²) in [5, 5.41) is 0. The number of hydrogen-bond acceptors (Lipinski definition) is 5. The molecule has 0 unspecified atom stereocenters. The Labute approximate surface area is 168 Å². The normalized spacial score (nSPS) is 12.9. The smallest absolute Gasteiger partial charge is 0.421 e. The summed E-state index contributed by atoms with van der Waals surface area (Å²) < 4.78 is 114. The van der Waals surface area contributed by atoms with Crippen LogP contribution in [0.3, 0.4) is 0 Å². The van der Waals surface area contributed by atoms with Crippen molar-refractivity contribution in [3.05, 3.63) is 40.9 Å². The molecule has 0 saturated carbocycles. The van der Waals surface area contributed by atoms with Crippen molar-refractivity contribution in [2.45, 2.75) is 30.9 Å². The molecule has 2 aromatic rings. The molecule has 0 aromatic carbocycles. The van der Waals surface area contributed by atoms with Crippen LogP contribution < -0.4 is 4.57 Å². The van der Waals surface area contributed by atoms with Crippen LogP contribution in [-0.2, 0) is 33.6 Å². The number of rotatable bonds is 5. The van der Waals surface area contributed by atoms with Gasteiger partial charge in [-0.3, -0.25) is 0 Å². The van der Waals surface area contributed by atoms with E-state index < -0.39 is 31.1 Å². The van der Waals surface area contributed by atoms with Gasteiger partial charge in [0.25, 0.3) is 0 Å². The molecular weight excluding hydrogens is 466 g/mol. The highest BCUT2D eigenvalue weighted by atomic mass is 32.3. The van der Waals surface area contributed by atoms with Crippen molar-refractivity contribution in [2.24, 2.45) is 7.05 Å². The second-order valence-corrected chi connectivity index (χ2v) is 8.98. The lowest BCUT2D eigenvalue weighted by Crippen LogP contribution is -2.30. The number of pyridine rings is 1. The Morgan fingerprint density at radius 2 is 1.57 bits per heavy atom. The van der Waals surface area contributed by atoms with Crippen LogP contribution in [0.2, 0.25) is 0 Å². The molecule has 2 rings (SSSR count). The first kappa shape index (κ1) is 25.8. The van der Waals surface area contributed by atoms with Gasteiger partial charge in [0.15, 0.2) is 25.7 Å². The van der Waals surface area contributed by atoms with Crippen molar-refractivity contribution >= 4 is 20.0 Å². The van der Waals surface area contributed by atoms with Crippen molar-refractivity contribution < 1.29 is 47.7 Å². The number of hydrogen-bond donors (Lipinski definition) is 0. The van der Waals surface area contributed by atoms with Crippen molar-refractivity contribution in [3.8, 4) is 11.5 Å². The number of alkyl halides is 6. The molecule has 8 nitrogen and oxygen atoms in total. The molecule has 0 spiro atoms. The summed E-state index contributed by atoms with van der Waals surface area (Å²) in [6.07, 6.45) is 7.14. The van der Waals surface area contributed by atoms with Crippen LogP contribution >= 0.6 is 0 Å². The number of imidazole rings is 1. The van der Waals surface area contributed by atoms with Crippen molar-refractivity contribution in [3.63, 3.8) is 0 Å². The van der Waals surface area contributed by atoms with Crippen molar-refractivity contribution in [1.82, 2.24) is 9.55 Å². The van der Waals surface area contributed by atoms with Crippen LogP contribution in [0.1, 0.15) is 13.3 Å². The van der Waals surface area contributed by atoms with Crippen LogP contribution in [0.25, 0.3) is 15.6 Å². The molecule has 16 heteroatoms. The van der Waals surface area contributed by atoms with Crippen LogP contribution in [0, 0.1) is 0 Å². The minimum absolute atomic E-state index is 0.778. The fraction of sp³-hybridized carbons (Fsp3) is 0.429. The predicted molar refractivity (Wildman–Crippen MR) is 92.4 cm³/mol. The first-order valence-corrected chi connectivity index (χ1v) is 10.7. The fourth-order valence-electron chi connectivity index (χ4n) is 1.98. The summed E-state index contributed by atoms with van der Waals surface area (Å²) in [5.74, 6) is 1.16. The average Bonchev–Trinajstić information content (AvgIpc) is 2.94. The summed E-state index contributed by atoms with van der Waals surface area (Å²) in [4.78, 5) is 4.38. The molecule has 0 bridgehead atoms. The van der Waals surface area contributed by atoms with E-state index in [9.17, 15) is 43.2 Å². The van der Waals surface area contributed by atoms with Gasteiger partial charge in [0.2, 0.25) is 0 Å². The minimum atomic E-state index is -6.72. The van der Waals surface area contributed by atoms with Crippen molar-refractivity contribution in [1.29, 1.82) is 0 Å². The minimum Gasteiger partial charge on any atom is -0.421 e. The highest BCUT2D eigenvalue weighted by Crippen LogP contribution is 2.36. The molecule has 0 aliphatic heterocycles. The van der Waals surface area contributed by atoms with Gasteiger partial charge in [-0.2, -0.15) is 26.3 Å². The first-order valence-electron chi connectivity index (χ1n) is 7.86. The van der Waals surface area contributed by atoms with Crippen molar-refractivity contribution in [2.75, 3.05) is 0 Å². The Balaban J connectivity index is 0.000000300. The number of sulfonamides is 2. The summed E-state index contributed by atoms with van der Waals surface area (Å²) in [6, 6.07) is 6.00. The molecule has 2 aromatic heterocycles. The summed E-state index contributed by atoms with van der Waals surface area (Å²) in [5.41, 5.74) is -11.4. The summed E-state index contributed by atoms with van der Waals surface area (Å²) in [6.45, 7) is 3.22. The Morgan fingerprint density at radius 3 is 1.97 bits per heavy atom. The largest absolute Gasteiger partial charge is 0.480 e. The molecule has 0 aliphatic rings. The maximum absolute atomic E-state index is 11.4. The van der Waals surface area contributed by atoms with Gasteiger partial charge < -0.3 is 4.13 Å². The lowest BCUT2D eigenvalue weighted by molar-refractivity contribution is -0.659. The lowest BCUT2D eigenvalue weighted by Gasteiger charge is -2.22. The SMILES string of the molecule is CCCn1cc[n+](C)c1-c1ccccn1.O=S(=O)([N-]S(=O)(=O)C(F)(F)F)C(F)(F)F. The standard InChI is InChI=1S/C12H16N3.C2F6NO4S2/c1-3-8-15-10-9-14(2)12(15)11-6-4-5-7-13-11;3-1(4,5)14(10,11)9-15(12,13)2(6,7)8/h4-7,9-10H,3,8H2,1-2H3;/q+1;-1. The van der Waals surface area contributed by atoms with E-state index in [1.54, 1.807) is 0 Å². The monoisotopic (exact) mass is 482 g/mol. The van der Waals surface area contributed by atoms with E-state index >= 15 is 0 Å². The number of nitrogens with zero attached hydrogens (tertiary/aromatic N) is 4. The number of aromatic nitrogens is 3. The summed E-state index contributed by atoms with van der Waals surface area (Å²) in [7, 11) is -11.4. The van der Waals surface area contributed by atoms with Gasteiger partial charge in [0.1, 0.15) is 12.4 Å². The third kappa shape index (κ3) is 6.40. The average molecular weight is 482 g/mol. The fourth-order valence-corrected chi connectivity index (χ4v) is 3.69. The molecule has 0 radical (unpaired) electrons. The summed E-state index contributed by atoms with van der Waals surface area (Å²) >= 11 is 0. The van der Waals surface area contributed by atoms with Gasteiger partial charge in [0.05, 0.1) is 13.6 Å². The van der Waals surface area contributed by atoms with Gasteiger partial charge in [-0.05, 0) is 18.6 Å². The highest BCUT2D eigenvalue weighted by Gasteiger charge is 2.46. The molecule has 30 heavy (non-hydrogen) atoms. The second-order valence-electron chi connectivity index (χ2n) is 5.56. The zero-order valence-corrected chi connectivity index (χ0v) is 17.0. The quantitative estimate of drug-likeness (QED) is 0.482. The molecule has 0 aliphatic carbocycles. The van der Waals surface area contributed by atoms with Crippen LogP contribution in [0.4, 0.5) is 26.3 Å². The Hall–Kier alpha value is -2.20. The van der Waals surface area contributed by atoms with E-state index in [2.05, 4.69) is 40.5 Å². The van der Waals surface area contributed by atoms with E-state index in [1.807, 2.05) is 24.4 Å². The predicted octanol–water partition coefficient (Wildman–Crippen LogP) is 2.84. The number of halogens is 6. The van der Waals surface area contributed by atoms with E-state index in [1.165, 1.54) is 0 Å². The zero-order valence-electron chi connectivity index (χ0n) is 15.4. The molecule has 0 amide bonds. The second kappa shape index (κ2) is 9.30. The van der Waals surface area contributed by atoms with Crippen LogP contribution in [-0.4, -0.2) is 37.4 Å². The van der Waals surface area contributed by atoms with Gasteiger partial charge in [-0.1, -0.05) is 13.0 Å².